The molecule has 22 heteroatoms. The minimum atomic E-state index is -5.78. The minimum Gasteiger partial charge on any atom is -0.387 e. The quantitative estimate of drug-likeness (QED) is 0.200. The lowest BCUT2D eigenvalue weighted by Crippen LogP contribution is -2.44. The number of phosphoric acid groups is 3. The fourth-order valence-corrected chi connectivity index (χ4v) is 6.76. The Hall–Kier alpha value is -1.95. The molecular formula is C15H18FN4O14P3. The third-order valence-electron chi connectivity index (χ3n) is 5.19. The van der Waals surface area contributed by atoms with E-state index in [1.54, 1.807) is 0 Å². The Labute approximate surface area is 204 Å². The number of carbonyl (C=O) groups is 1. The molecule has 2 unspecified atom stereocenters. The standard InChI is InChI=1S/C15H18FN4O14P3/c1-15(23)11(22)8(4-31-36(27,28)34-37(29,30)33-35(24,25)26)32-14(15)20-3-6-7(16)2-9(21)19-12-10(6)13(20)18-5-17-12/h2-3,5,8,11,14,22-23H,4H2,1H3,(H,27,28)(H,29,30)(H2,24,25,26)(H,17,18,19,21)/t8-,11-,14-,15-/m1/s1. The number of rotatable bonds is 8. The molecule has 4 heterocycles. The molecule has 6 atom stereocenters. The second kappa shape index (κ2) is 9.36. The number of phosphoric ester groups is 1. The Bertz CT molecular complexity index is 1440. The van der Waals surface area contributed by atoms with Gasteiger partial charge >= 0.3 is 23.5 Å². The van der Waals surface area contributed by atoms with Gasteiger partial charge in [-0.05, 0) is 6.92 Å². The van der Waals surface area contributed by atoms with Crippen LogP contribution in [0.15, 0.2) is 18.6 Å². The van der Waals surface area contributed by atoms with Gasteiger partial charge in [-0.3, -0.25) is 9.32 Å². The van der Waals surface area contributed by atoms with E-state index in [0.717, 1.165) is 24.0 Å². The van der Waals surface area contributed by atoms with Crippen molar-refractivity contribution >= 4 is 52.1 Å². The summed E-state index contributed by atoms with van der Waals surface area (Å²) in [6, 6.07) is 0. The minimum absolute atomic E-state index is 0.0308. The maximum absolute atomic E-state index is 14.7. The fraction of sp³-hybridized carbons (Fsp3) is 0.400. The van der Waals surface area contributed by atoms with Crippen LogP contribution in [0.2, 0.25) is 0 Å². The Balaban J connectivity index is 1.58. The van der Waals surface area contributed by atoms with Crippen LogP contribution in [-0.4, -0.2) is 74.6 Å². The highest BCUT2D eigenvalue weighted by molar-refractivity contribution is 7.66. The van der Waals surface area contributed by atoms with Crippen LogP contribution < -0.4 is 5.32 Å². The summed E-state index contributed by atoms with van der Waals surface area (Å²) in [5.41, 5.74) is -2.35. The van der Waals surface area contributed by atoms with Crippen molar-refractivity contribution in [2.45, 2.75) is 31.0 Å². The van der Waals surface area contributed by atoms with Crippen LogP contribution >= 0.6 is 23.5 Å². The number of aromatic nitrogens is 3. The molecule has 1 amide bonds. The van der Waals surface area contributed by atoms with Gasteiger partial charge in [-0.2, -0.15) is 8.62 Å². The lowest BCUT2D eigenvalue weighted by Gasteiger charge is -2.27. The Morgan fingerprint density at radius 2 is 1.86 bits per heavy atom. The summed E-state index contributed by atoms with van der Waals surface area (Å²) in [5.74, 6) is -1.79. The number of carbonyl (C=O) groups excluding carboxylic acids is 1. The molecule has 18 nitrogen and oxygen atoms in total. The molecule has 0 aliphatic carbocycles. The average Bonchev–Trinajstić information content (AvgIpc) is 3.15. The first-order chi connectivity index (χ1) is 16.9. The highest BCUT2D eigenvalue weighted by Gasteiger charge is 2.54. The van der Waals surface area contributed by atoms with Gasteiger partial charge in [0, 0.05) is 17.8 Å². The number of anilines is 1. The third kappa shape index (κ3) is 5.74. The molecule has 7 N–H and O–H groups in total. The lowest BCUT2D eigenvalue weighted by atomic mass is 9.96. The number of hydrogen-bond donors (Lipinski definition) is 7. The first-order valence-electron chi connectivity index (χ1n) is 9.78. The van der Waals surface area contributed by atoms with E-state index in [4.69, 9.17) is 14.5 Å². The molecule has 0 aromatic carbocycles. The van der Waals surface area contributed by atoms with E-state index >= 15 is 0 Å². The zero-order valence-corrected chi connectivity index (χ0v) is 20.9. The zero-order valence-electron chi connectivity index (χ0n) is 18.2. The van der Waals surface area contributed by atoms with Crippen LogP contribution in [0.1, 0.15) is 18.7 Å². The molecule has 0 bridgehead atoms. The maximum Gasteiger partial charge on any atom is 0.490 e. The molecule has 204 valence electrons. The number of aliphatic hydroxyl groups is 2. The first kappa shape index (κ1) is 28.1. The number of amides is 1. The zero-order chi connectivity index (χ0) is 27.6. The predicted molar refractivity (Wildman–Crippen MR) is 116 cm³/mol. The smallest absolute Gasteiger partial charge is 0.387 e. The van der Waals surface area contributed by atoms with Crippen LogP contribution in [0, 0.1) is 0 Å². The molecule has 2 aromatic rings. The van der Waals surface area contributed by atoms with E-state index in [9.17, 15) is 42.9 Å². The predicted octanol–water partition coefficient (Wildman–Crippen LogP) is 0.0464. The summed E-state index contributed by atoms with van der Waals surface area (Å²) in [5, 5.41) is 23.9. The highest BCUT2D eigenvalue weighted by Crippen LogP contribution is 2.66. The summed E-state index contributed by atoms with van der Waals surface area (Å²) < 4.78 is 67.2. The van der Waals surface area contributed by atoms with Crippen LogP contribution in [0.25, 0.3) is 16.9 Å². The van der Waals surface area contributed by atoms with Crippen molar-refractivity contribution in [1.29, 1.82) is 0 Å². The van der Waals surface area contributed by atoms with Gasteiger partial charge in [-0.25, -0.2) is 28.1 Å². The molecule has 1 fully saturated rings. The highest BCUT2D eigenvalue weighted by atomic mass is 31.3. The largest absolute Gasteiger partial charge is 0.490 e. The fourth-order valence-electron chi connectivity index (χ4n) is 3.73. The molecule has 0 saturated carbocycles. The molecular weight excluding hydrogens is 572 g/mol. The first-order valence-corrected chi connectivity index (χ1v) is 14.3. The van der Waals surface area contributed by atoms with Crippen LogP contribution in [0.3, 0.4) is 0 Å². The van der Waals surface area contributed by atoms with E-state index in [-0.39, 0.29) is 22.4 Å². The summed E-state index contributed by atoms with van der Waals surface area (Å²) in [6.45, 7) is 0.0503. The summed E-state index contributed by atoms with van der Waals surface area (Å²) >= 11 is 0. The van der Waals surface area contributed by atoms with Crippen LogP contribution in [0.5, 0.6) is 0 Å². The molecule has 2 aromatic heterocycles. The molecule has 2 aliphatic heterocycles. The van der Waals surface area contributed by atoms with Crippen LogP contribution in [0.4, 0.5) is 10.2 Å². The van der Waals surface area contributed by atoms with Gasteiger partial charge in [-0.15, -0.1) is 0 Å². The number of nitrogens with zero attached hydrogens (tertiary/aromatic N) is 3. The van der Waals surface area contributed by atoms with E-state index in [2.05, 4.69) is 28.4 Å². The maximum atomic E-state index is 14.7. The van der Waals surface area contributed by atoms with Gasteiger partial charge in [0.2, 0.25) is 0 Å². The average molecular weight is 590 g/mol. The number of hydrogen-bond acceptors (Lipinski definition) is 12. The molecule has 37 heavy (non-hydrogen) atoms. The molecule has 1 saturated heterocycles. The van der Waals surface area contributed by atoms with Crippen molar-refractivity contribution in [2.24, 2.45) is 0 Å². The van der Waals surface area contributed by atoms with Gasteiger partial charge in [0.15, 0.2) is 6.23 Å². The Morgan fingerprint density at radius 1 is 1.19 bits per heavy atom. The lowest BCUT2D eigenvalue weighted by molar-refractivity contribution is -0.111. The van der Waals surface area contributed by atoms with Crippen molar-refractivity contribution in [3.63, 3.8) is 0 Å². The monoisotopic (exact) mass is 590 g/mol. The summed E-state index contributed by atoms with van der Waals surface area (Å²) in [7, 11) is -16.9. The van der Waals surface area contributed by atoms with E-state index in [0.29, 0.717) is 6.08 Å². The topological polar surface area (TPSA) is 269 Å². The van der Waals surface area contributed by atoms with Crippen molar-refractivity contribution in [3.05, 3.63) is 24.2 Å². The van der Waals surface area contributed by atoms with E-state index in [1.807, 2.05) is 0 Å². The number of aliphatic hydroxyl groups excluding tert-OH is 1. The molecule has 2 aliphatic rings. The Morgan fingerprint density at radius 3 is 2.51 bits per heavy atom. The molecule has 4 rings (SSSR count). The number of nitrogens with one attached hydrogen (secondary N) is 1. The number of ether oxygens (including phenoxy) is 1. The van der Waals surface area contributed by atoms with Crippen LogP contribution in [-0.2, 0) is 36.4 Å². The summed E-state index contributed by atoms with van der Waals surface area (Å²) in [6.07, 6.45) is -2.16. The van der Waals surface area contributed by atoms with Gasteiger partial charge in [-0.1, -0.05) is 0 Å². The normalized spacial score (nSPS) is 29.4. The Kier molecular flexibility index (Phi) is 7.10. The number of halogens is 1. The SMILES string of the molecule is C[C@@]1(O)[C@H](O)[C@@H](COP(=O)(O)OP(=O)(O)OP(=O)(O)O)O[C@H]1n1cc2c3c(ncnc31)NC(=O)C=C2F. The van der Waals surface area contributed by atoms with Crippen molar-refractivity contribution in [2.75, 3.05) is 11.9 Å². The molecule has 0 spiro atoms. The van der Waals surface area contributed by atoms with Crippen molar-refractivity contribution < 1.29 is 70.5 Å². The van der Waals surface area contributed by atoms with Crippen molar-refractivity contribution in [1.82, 2.24) is 14.5 Å². The van der Waals surface area contributed by atoms with E-state index in [1.165, 1.54) is 0 Å². The van der Waals surface area contributed by atoms with Gasteiger partial charge in [0.05, 0.1) is 12.0 Å². The second-order valence-corrected chi connectivity index (χ2v) is 12.4. The van der Waals surface area contributed by atoms with Gasteiger partial charge < -0.3 is 44.4 Å². The molecule has 0 radical (unpaired) electrons. The van der Waals surface area contributed by atoms with Crippen molar-refractivity contribution in [3.8, 4) is 0 Å². The van der Waals surface area contributed by atoms with Gasteiger partial charge in [0.25, 0.3) is 5.91 Å². The third-order valence-corrected chi connectivity index (χ3v) is 8.99. The van der Waals surface area contributed by atoms with Gasteiger partial charge in [0.1, 0.15) is 41.4 Å². The summed E-state index contributed by atoms with van der Waals surface area (Å²) in [4.78, 5) is 55.7. The van der Waals surface area contributed by atoms with E-state index < -0.39 is 65.8 Å². The second-order valence-electron chi connectivity index (χ2n) is 7.94.